The number of likely N-dealkylation sites (tertiary alicyclic amines) is 1. The van der Waals surface area contributed by atoms with Crippen LogP contribution in [0.25, 0.3) is 0 Å². The van der Waals surface area contributed by atoms with E-state index in [-0.39, 0.29) is 55.7 Å². The third-order valence-corrected chi connectivity index (χ3v) is 6.94. The molecule has 0 spiro atoms. The second-order valence-corrected chi connectivity index (χ2v) is 9.39. The van der Waals surface area contributed by atoms with Crippen LogP contribution in [0.1, 0.15) is 12.8 Å². The van der Waals surface area contributed by atoms with Crippen LogP contribution in [0, 0.1) is 5.92 Å². The lowest BCUT2D eigenvalue weighted by molar-refractivity contribution is -0.130. The van der Waals surface area contributed by atoms with Gasteiger partial charge >= 0.3 is 0 Å². The maximum absolute atomic E-state index is 12.3. The van der Waals surface area contributed by atoms with Crippen LogP contribution in [-0.2, 0) is 19.4 Å². The Bertz CT molecular complexity index is 886. The molecule has 3 heterocycles. The van der Waals surface area contributed by atoms with E-state index in [9.17, 15) is 18.0 Å². The number of carbonyl (C=O) groups is 2. The van der Waals surface area contributed by atoms with E-state index in [1.165, 1.54) is 0 Å². The minimum atomic E-state index is -3.07. The molecule has 28 heavy (non-hydrogen) atoms. The van der Waals surface area contributed by atoms with Crippen molar-refractivity contribution in [3.8, 4) is 17.2 Å². The summed E-state index contributed by atoms with van der Waals surface area (Å²) in [6.45, 7) is 1.04. The second kappa shape index (κ2) is 7.50. The fourth-order valence-electron chi connectivity index (χ4n) is 3.74. The number of hydrogen-bond acceptors (Lipinski definition) is 7. The third kappa shape index (κ3) is 4.01. The number of nitrogens with one attached hydrogen (secondary N) is 1. The zero-order valence-corrected chi connectivity index (χ0v) is 16.1. The molecular weight excluding hydrogens is 388 g/mol. The smallest absolute Gasteiger partial charge is 0.231 e. The molecule has 2 saturated heterocycles. The summed E-state index contributed by atoms with van der Waals surface area (Å²) in [7, 11) is -3.07. The summed E-state index contributed by atoms with van der Waals surface area (Å²) in [5, 5.41) is 2.78. The number of sulfone groups is 1. The normalized spacial score (nSPS) is 25.1. The molecule has 4 rings (SSSR count). The Balaban J connectivity index is 1.22. The lowest BCUT2D eigenvalue weighted by atomic mass is 10.1. The van der Waals surface area contributed by atoms with E-state index < -0.39 is 15.8 Å². The average Bonchev–Trinajstić information content (AvgIpc) is 3.36. The number of amides is 2. The van der Waals surface area contributed by atoms with Gasteiger partial charge in [-0.25, -0.2) is 8.42 Å². The highest BCUT2D eigenvalue weighted by molar-refractivity contribution is 7.91. The van der Waals surface area contributed by atoms with Gasteiger partial charge in [0, 0.05) is 25.1 Å². The van der Waals surface area contributed by atoms with Crippen molar-refractivity contribution >= 4 is 21.7 Å². The van der Waals surface area contributed by atoms with E-state index in [0.717, 1.165) is 0 Å². The molecule has 0 aromatic heterocycles. The minimum Gasteiger partial charge on any atom is -0.492 e. The van der Waals surface area contributed by atoms with Gasteiger partial charge in [-0.3, -0.25) is 9.59 Å². The van der Waals surface area contributed by atoms with Crippen LogP contribution >= 0.6 is 0 Å². The molecule has 0 saturated carbocycles. The van der Waals surface area contributed by atoms with Gasteiger partial charge in [0.15, 0.2) is 21.3 Å². The number of nitrogens with zero attached hydrogens (tertiary/aromatic N) is 1. The predicted octanol–water partition coefficient (Wildman–Crippen LogP) is -0.0541. The summed E-state index contributed by atoms with van der Waals surface area (Å²) in [4.78, 5) is 26.1. The van der Waals surface area contributed by atoms with E-state index in [1.807, 2.05) is 0 Å². The Morgan fingerprint density at radius 1 is 1.29 bits per heavy atom. The second-order valence-electron chi connectivity index (χ2n) is 7.16. The summed E-state index contributed by atoms with van der Waals surface area (Å²) in [5.41, 5.74) is 0. The Hall–Kier alpha value is -2.49. The summed E-state index contributed by atoms with van der Waals surface area (Å²) in [6, 6.07) is 4.95. The van der Waals surface area contributed by atoms with Crippen LogP contribution in [-0.4, -0.2) is 69.2 Å². The molecule has 1 N–H and O–H groups in total. The lowest BCUT2D eigenvalue weighted by Crippen LogP contribution is -2.39. The number of rotatable bonds is 6. The molecule has 2 amide bonds. The van der Waals surface area contributed by atoms with Gasteiger partial charge in [0.25, 0.3) is 0 Å². The topological polar surface area (TPSA) is 111 Å². The fraction of sp³-hybridized carbons (Fsp3) is 0.556. The quantitative estimate of drug-likeness (QED) is 0.655. The van der Waals surface area contributed by atoms with Gasteiger partial charge in [-0.1, -0.05) is 0 Å². The van der Waals surface area contributed by atoms with Crippen molar-refractivity contribution < 1.29 is 32.2 Å². The van der Waals surface area contributed by atoms with Crippen molar-refractivity contribution in [2.45, 2.75) is 18.9 Å². The predicted molar refractivity (Wildman–Crippen MR) is 97.9 cm³/mol. The van der Waals surface area contributed by atoms with Crippen LogP contribution in [0.4, 0.5) is 0 Å². The highest BCUT2D eigenvalue weighted by atomic mass is 32.2. The first-order valence-electron chi connectivity index (χ1n) is 9.21. The standard InChI is InChI=1S/C18H22N2O7S/c21-17-7-12(9-20(17)13-3-6-28(23,24)10-13)18(22)19-4-5-25-14-1-2-15-16(8-14)27-11-26-15/h1-2,8,12-13H,3-7,9-11H2,(H,19,22)/t12-,13-/m0/s1. The molecule has 0 aliphatic carbocycles. The van der Waals surface area contributed by atoms with Gasteiger partial charge in [-0.15, -0.1) is 0 Å². The minimum absolute atomic E-state index is 0.00352. The van der Waals surface area contributed by atoms with E-state index in [1.54, 1.807) is 23.1 Å². The third-order valence-electron chi connectivity index (χ3n) is 5.19. The van der Waals surface area contributed by atoms with E-state index >= 15 is 0 Å². The molecule has 1 aromatic rings. The summed E-state index contributed by atoms with van der Waals surface area (Å²) in [6.07, 6.45) is 0.567. The van der Waals surface area contributed by atoms with Crippen LogP contribution < -0.4 is 19.5 Å². The molecule has 0 bridgehead atoms. The van der Waals surface area contributed by atoms with Gasteiger partial charge < -0.3 is 24.4 Å². The summed E-state index contributed by atoms with van der Waals surface area (Å²) < 4.78 is 39.4. The molecule has 1 aromatic carbocycles. The van der Waals surface area contributed by atoms with Crippen LogP contribution in [0.3, 0.4) is 0 Å². The molecule has 3 aliphatic rings. The molecule has 9 nitrogen and oxygen atoms in total. The van der Waals surface area contributed by atoms with Gasteiger partial charge in [-0.05, 0) is 18.6 Å². The zero-order chi connectivity index (χ0) is 19.7. The Morgan fingerprint density at radius 2 is 2.11 bits per heavy atom. The van der Waals surface area contributed by atoms with Crippen molar-refractivity contribution in [1.29, 1.82) is 0 Å². The van der Waals surface area contributed by atoms with Crippen LogP contribution in [0.5, 0.6) is 17.2 Å². The van der Waals surface area contributed by atoms with Crippen molar-refractivity contribution in [3.63, 3.8) is 0 Å². The lowest BCUT2D eigenvalue weighted by Gasteiger charge is -2.22. The van der Waals surface area contributed by atoms with Gasteiger partial charge in [0.05, 0.1) is 24.0 Å². The van der Waals surface area contributed by atoms with Gasteiger partial charge in [0.2, 0.25) is 18.6 Å². The molecule has 2 atom stereocenters. The Labute approximate surface area is 162 Å². The first-order valence-corrected chi connectivity index (χ1v) is 11.0. The molecule has 3 aliphatic heterocycles. The SMILES string of the molecule is O=C(NCCOc1ccc2c(c1)OCO2)[C@H]1CC(=O)N([C@H]2CCS(=O)(=O)C2)C1. The number of benzene rings is 1. The van der Waals surface area contributed by atoms with Crippen molar-refractivity contribution in [2.75, 3.05) is 38.0 Å². The maximum atomic E-state index is 12.3. The van der Waals surface area contributed by atoms with E-state index in [0.29, 0.717) is 30.2 Å². The van der Waals surface area contributed by atoms with E-state index in [4.69, 9.17) is 14.2 Å². The summed E-state index contributed by atoms with van der Waals surface area (Å²) >= 11 is 0. The first kappa shape index (κ1) is 18.9. The monoisotopic (exact) mass is 410 g/mol. The van der Waals surface area contributed by atoms with Crippen molar-refractivity contribution in [1.82, 2.24) is 10.2 Å². The van der Waals surface area contributed by atoms with Gasteiger partial charge in [-0.2, -0.15) is 0 Å². The number of ether oxygens (including phenoxy) is 3. The molecule has 0 radical (unpaired) electrons. The van der Waals surface area contributed by atoms with Crippen molar-refractivity contribution in [2.24, 2.45) is 5.92 Å². The Kier molecular flexibility index (Phi) is 5.05. The molecular formula is C18H22N2O7S. The van der Waals surface area contributed by atoms with Gasteiger partial charge in [0.1, 0.15) is 12.4 Å². The van der Waals surface area contributed by atoms with Crippen LogP contribution in [0.2, 0.25) is 0 Å². The van der Waals surface area contributed by atoms with E-state index in [2.05, 4.69) is 5.32 Å². The highest BCUT2D eigenvalue weighted by Gasteiger charge is 2.41. The molecule has 0 unspecified atom stereocenters. The van der Waals surface area contributed by atoms with Crippen molar-refractivity contribution in [3.05, 3.63) is 18.2 Å². The largest absolute Gasteiger partial charge is 0.492 e. The molecule has 2 fully saturated rings. The molecule has 152 valence electrons. The average molecular weight is 410 g/mol. The number of hydrogen-bond donors (Lipinski definition) is 1. The zero-order valence-electron chi connectivity index (χ0n) is 15.3. The number of carbonyl (C=O) groups excluding carboxylic acids is 2. The summed E-state index contributed by atoms with van der Waals surface area (Å²) in [5.74, 6) is 1.19. The highest BCUT2D eigenvalue weighted by Crippen LogP contribution is 2.35. The Morgan fingerprint density at radius 3 is 2.89 bits per heavy atom. The maximum Gasteiger partial charge on any atom is 0.231 e. The fourth-order valence-corrected chi connectivity index (χ4v) is 5.47. The molecule has 10 heteroatoms. The first-order chi connectivity index (χ1) is 13.4. The number of fused-ring (bicyclic) bond motifs is 1. The van der Waals surface area contributed by atoms with Crippen LogP contribution in [0.15, 0.2) is 18.2 Å².